The van der Waals surface area contributed by atoms with Crippen LogP contribution in [-0.4, -0.2) is 7.11 Å². The molecule has 1 rings (SSSR count). The van der Waals surface area contributed by atoms with Crippen LogP contribution in [0.2, 0.25) is 0 Å². The summed E-state index contributed by atoms with van der Waals surface area (Å²) < 4.78 is 4.89. The van der Waals surface area contributed by atoms with Crippen molar-refractivity contribution in [2.24, 2.45) is 0 Å². The molecule has 0 aromatic heterocycles. The normalized spacial score (nSPS) is 8.14. The van der Waals surface area contributed by atoms with Gasteiger partial charge in [-0.25, -0.2) is 29.8 Å². The maximum Gasteiger partial charge on any atom is 0.0259 e. The van der Waals surface area contributed by atoms with Gasteiger partial charge in [-0.1, -0.05) is 20.0 Å². The summed E-state index contributed by atoms with van der Waals surface area (Å²) in [4.78, 5) is 0. The van der Waals surface area contributed by atoms with Crippen molar-refractivity contribution in [3.05, 3.63) is 48.4 Å². The smallest absolute Gasteiger partial charge is 0.0259 e. The van der Waals surface area contributed by atoms with Gasteiger partial charge in [-0.05, 0) is 0 Å². The van der Waals surface area contributed by atoms with Gasteiger partial charge in [-0.3, -0.25) is 0 Å². The molecule has 0 atom stereocenters. The molecule has 0 N–H and O–H groups in total. The number of rotatable bonds is 4. The molecule has 0 unspecified atom stereocenters. The molecule has 2 radical (unpaired) electrons. The molecule has 0 saturated carbocycles. The van der Waals surface area contributed by atoms with E-state index in [4.69, 9.17) is 4.74 Å². The number of ether oxygens (including phenoxy) is 1. The third kappa shape index (κ3) is 6.58. The fraction of sp³-hybridized carbons (Fsp3) is 0.273. The van der Waals surface area contributed by atoms with Gasteiger partial charge in [0.1, 0.15) is 0 Å². The molecule has 0 aliphatic heterocycles. The van der Waals surface area contributed by atoms with Crippen LogP contribution in [0.3, 0.4) is 0 Å². The summed E-state index contributed by atoms with van der Waals surface area (Å²) in [5.41, 5.74) is 2.37. The van der Waals surface area contributed by atoms with Crippen LogP contribution in [0.5, 0.6) is 0 Å². The topological polar surface area (TPSA) is 9.23 Å². The summed E-state index contributed by atoms with van der Waals surface area (Å²) in [7, 11) is 1.66. The van der Waals surface area contributed by atoms with E-state index in [1.165, 1.54) is 5.56 Å². The predicted octanol–water partition coefficient (Wildman–Crippen LogP) is 2.80. The van der Waals surface area contributed by atoms with Crippen molar-refractivity contribution in [3.8, 4) is 0 Å². The molecule has 0 aliphatic carbocycles. The van der Waals surface area contributed by atoms with Gasteiger partial charge in [0.15, 0.2) is 0 Å². The van der Waals surface area contributed by atoms with Crippen molar-refractivity contribution in [2.75, 3.05) is 7.11 Å². The van der Waals surface area contributed by atoms with Gasteiger partial charge in [0.05, 0.1) is 0 Å². The van der Waals surface area contributed by atoms with Crippen LogP contribution in [0.15, 0.2) is 24.3 Å². The molecule has 0 bridgehead atoms. The second-order valence-corrected chi connectivity index (χ2v) is 2.63. The molecule has 14 heavy (non-hydrogen) atoms. The van der Waals surface area contributed by atoms with E-state index in [-0.39, 0.29) is 65.4 Å². The molecule has 1 aromatic rings. The van der Waals surface area contributed by atoms with Crippen LogP contribution >= 0.6 is 0 Å². The zero-order valence-corrected chi connectivity index (χ0v) is 14.4. The van der Waals surface area contributed by atoms with E-state index in [2.05, 4.69) is 25.5 Å². The maximum atomic E-state index is 4.89. The van der Waals surface area contributed by atoms with E-state index in [1.54, 1.807) is 13.7 Å². The number of methoxy groups -OCH3 is 1. The van der Waals surface area contributed by atoms with Crippen LogP contribution in [0.25, 0.3) is 0 Å². The second kappa shape index (κ2) is 10.6. The van der Waals surface area contributed by atoms with Gasteiger partial charge in [-0.15, -0.1) is 0 Å². The summed E-state index contributed by atoms with van der Waals surface area (Å²) in [6, 6.07) is 8.28. The molecular formula is C11H14OY2-2. The van der Waals surface area contributed by atoms with Gasteiger partial charge in [0.25, 0.3) is 0 Å². The summed E-state index contributed by atoms with van der Waals surface area (Å²) in [5, 5.41) is 0. The van der Waals surface area contributed by atoms with Gasteiger partial charge in [-0.2, -0.15) is 12.0 Å². The summed E-state index contributed by atoms with van der Waals surface area (Å²) in [6.07, 6.45) is 3.27. The van der Waals surface area contributed by atoms with Gasteiger partial charge >= 0.3 is 0 Å². The van der Waals surface area contributed by atoms with E-state index >= 15 is 0 Å². The van der Waals surface area contributed by atoms with E-state index in [9.17, 15) is 0 Å². The van der Waals surface area contributed by atoms with Crippen molar-refractivity contribution in [1.82, 2.24) is 0 Å². The van der Waals surface area contributed by atoms with Crippen LogP contribution in [0.4, 0.5) is 0 Å². The van der Waals surface area contributed by atoms with Crippen molar-refractivity contribution < 1.29 is 70.2 Å². The zero-order chi connectivity index (χ0) is 8.81. The average Bonchev–Trinajstić information content (AvgIpc) is 2.09. The molecule has 0 aliphatic rings. The third-order valence-electron chi connectivity index (χ3n) is 1.63. The Morgan fingerprint density at radius 3 is 2.00 bits per heavy atom. The average molecular weight is 340 g/mol. The molecule has 1 aromatic carbocycles. The van der Waals surface area contributed by atoms with Crippen LogP contribution in [0, 0.1) is 13.0 Å². The minimum absolute atomic E-state index is 0. The number of hydrogen-bond acceptors (Lipinski definition) is 1. The van der Waals surface area contributed by atoms with Crippen LogP contribution < -0.4 is 0 Å². The quantitative estimate of drug-likeness (QED) is 0.766. The fourth-order valence-electron chi connectivity index (χ4n) is 1.08. The van der Waals surface area contributed by atoms with Crippen molar-refractivity contribution in [3.63, 3.8) is 0 Å². The van der Waals surface area contributed by atoms with Crippen LogP contribution in [0.1, 0.15) is 24.5 Å². The zero-order valence-electron chi connectivity index (χ0n) is 8.73. The molecule has 72 valence electrons. The van der Waals surface area contributed by atoms with E-state index < -0.39 is 0 Å². The van der Waals surface area contributed by atoms with E-state index in [1.807, 2.05) is 12.1 Å². The maximum absolute atomic E-state index is 4.89. The fourth-order valence-corrected chi connectivity index (χ4v) is 1.08. The Balaban J connectivity index is 0. The van der Waals surface area contributed by atoms with Gasteiger partial charge in [0.2, 0.25) is 0 Å². The Morgan fingerprint density at radius 2 is 1.57 bits per heavy atom. The molecule has 0 spiro atoms. The monoisotopic (exact) mass is 340 g/mol. The molecular weight excluding hydrogens is 326 g/mol. The van der Waals surface area contributed by atoms with E-state index in [0.29, 0.717) is 0 Å². The summed E-state index contributed by atoms with van der Waals surface area (Å²) in [5.74, 6) is 0. The first-order chi connectivity index (χ1) is 5.86. The Labute approximate surface area is 137 Å². The first-order valence-corrected chi connectivity index (χ1v) is 4.16. The standard InChI is InChI=1S/C11H14O.2Y/c1-3-4-10-5-7-11(8-6-10)9-12-2;;/h4-9H,3H2,1-2H3;;/q-2;;. The SMILES string of the molecule is CC[CH-]c1ccc([CH-]OC)cc1.[Y].[Y]. The van der Waals surface area contributed by atoms with Crippen LogP contribution in [-0.2, 0) is 70.2 Å². The minimum Gasteiger partial charge on any atom is -0.417 e. The third-order valence-corrected chi connectivity index (χ3v) is 1.63. The largest absolute Gasteiger partial charge is 0.417 e. The second-order valence-electron chi connectivity index (χ2n) is 2.63. The Morgan fingerprint density at radius 1 is 1.07 bits per heavy atom. The van der Waals surface area contributed by atoms with Crippen molar-refractivity contribution in [1.29, 1.82) is 0 Å². The molecule has 0 amide bonds. The Kier molecular flexibility index (Phi) is 13.3. The molecule has 0 heterocycles. The molecule has 0 fully saturated rings. The first kappa shape index (κ1) is 17.5. The minimum atomic E-state index is 0. The van der Waals surface area contributed by atoms with Crippen molar-refractivity contribution in [2.45, 2.75) is 13.3 Å². The first-order valence-electron chi connectivity index (χ1n) is 4.16. The molecule has 1 nitrogen and oxygen atoms in total. The van der Waals surface area contributed by atoms with Gasteiger partial charge in [0, 0.05) is 72.5 Å². The summed E-state index contributed by atoms with van der Waals surface area (Å²) >= 11 is 0. The number of benzene rings is 1. The molecule has 3 heteroatoms. The Bertz CT molecular complexity index is 196. The number of hydrogen-bond donors (Lipinski definition) is 0. The predicted molar refractivity (Wildman–Crippen MR) is 50.5 cm³/mol. The molecule has 0 saturated heterocycles. The summed E-state index contributed by atoms with van der Waals surface area (Å²) in [6.45, 7) is 3.87. The van der Waals surface area contributed by atoms with Gasteiger partial charge < -0.3 is 4.74 Å². The van der Waals surface area contributed by atoms with E-state index in [0.717, 1.165) is 12.0 Å². The Hall–Kier alpha value is 1.13. The van der Waals surface area contributed by atoms with Crippen molar-refractivity contribution >= 4 is 0 Å².